The van der Waals surface area contributed by atoms with E-state index in [1.807, 2.05) is 29.7 Å². The molecular weight excluding hydrogens is 326 g/mol. The number of amidine groups is 1. The third kappa shape index (κ3) is 3.04. The molecule has 3 aromatic rings. The number of carbonyl (C=O) groups is 1. The average molecular weight is 337 g/mol. The van der Waals surface area contributed by atoms with E-state index in [1.54, 1.807) is 6.20 Å². The standard InChI is InChI=1S/C17H11N3OS2/c21-15-14(23-17(19-15)20-16-18-7-8-22-16)10-11-5-6-12-3-1-2-4-13(12)9-11/h1-10H,(H,18,19,20,21)/b14-10-. The van der Waals surface area contributed by atoms with Gasteiger partial charge in [-0.3, -0.25) is 4.79 Å². The number of thiazole rings is 1. The van der Waals surface area contributed by atoms with Crippen LogP contribution in [0.4, 0.5) is 5.13 Å². The van der Waals surface area contributed by atoms with Crippen LogP contribution in [-0.2, 0) is 4.79 Å². The highest BCUT2D eigenvalue weighted by atomic mass is 32.2. The molecule has 1 amide bonds. The van der Waals surface area contributed by atoms with Gasteiger partial charge >= 0.3 is 0 Å². The summed E-state index contributed by atoms with van der Waals surface area (Å²) in [5, 5.41) is 8.17. The molecule has 0 saturated carbocycles. The molecule has 2 aromatic carbocycles. The van der Waals surface area contributed by atoms with E-state index in [-0.39, 0.29) is 5.91 Å². The lowest BCUT2D eigenvalue weighted by atomic mass is 10.1. The van der Waals surface area contributed by atoms with Gasteiger partial charge < -0.3 is 5.32 Å². The molecule has 1 fully saturated rings. The van der Waals surface area contributed by atoms with E-state index < -0.39 is 0 Å². The Balaban J connectivity index is 1.63. The van der Waals surface area contributed by atoms with Gasteiger partial charge in [-0.1, -0.05) is 36.4 Å². The number of nitrogens with zero attached hydrogens (tertiary/aromatic N) is 2. The van der Waals surface area contributed by atoms with Crippen molar-refractivity contribution in [3.63, 3.8) is 0 Å². The molecule has 4 rings (SSSR count). The van der Waals surface area contributed by atoms with Gasteiger partial charge in [0.15, 0.2) is 5.17 Å². The van der Waals surface area contributed by atoms with Gasteiger partial charge in [0, 0.05) is 11.6 Å². The number of rotatable bonds is 2. The second kappa shape index (κ2) is 5.98. The van der Waals surface area contributed by atoms with Gasteiger partial charge in [0.1, 0.15) is 0 Å². The molecule has 1 N–H and O–H groups in total. The summed E-state index contributed by atoms with van der Waals surface area (Å²) >= 11 is 2.77. The first-order chi connectivity index (χ1) is 11.3. The molecule has 6 heteroatoms. The molecule has 1 aliphatic rings. The van der Waals surface area contributed by atoms with Gasteiger partial charge in [-0.25, -0.2) is 4.98 Å². The summed E-state index contributed by atoms with van der Waals surface area (Å²) in [7, 11) is 0. The van der Waals surface area contributed by atoms with Crippen molar-refractivity contribution in [3.8, 4) is 0 Å². The zero-order valence-corrected chi connectivity index (χ0v) is 13.5. The zero-order valence-electron chi connectivity index (χ0n) is 11.9. The first-order valence-electron chi connectivity index (χ1n) is 6.96. The molecule has 0 atom stereocenters. The maximum Gasteiger partial charge on any atom is 0.264 e. The fraction of sp³-hybridized carbons (Fsp3) is 0. The number of thioether (sulfide) groups is 1. The lowest BCUT2D eigenvalue weighted by Crippen LogP contribution is -2.19. The molecule has 1 aliphatic heterocycles. The fourth-order valence-electron chi connectivity index (χ4n) is 2.29. The second-order valence-corrected chi connectivity index (χ2v) is 6.81. The zero-order chi connectivity index (χ0) is 15.6. The van der Waals surface area contributed by atoms with Gasteiger partial charge in [0.25, 0.3) is 5.91 Å². The number of hydrogen-bond donors (Lipinski definition) is 1. The van der Waals surface area contributed by atoms with Crippen LogP contribution < -0.4 is 5.32 Å². The number of aliphatic imine (C=N–C) groups is 1. The monoisotopic (exact) mass is 337 g/mol. The number of carbonyl (C=O) groups excluding carboxylic acids is 1. The van der Waals surface area contributed by atoms with Crippen molar-refractivity contribution in [1.29, 1.82) is 0 Å². The molecule has 1 saturated heterocycles. The highest BCUT2D eigenvalue weighted by Crippen LogP contribution is 2.29. The lowest BCUT2D eigenvalue weighted by molar-refractivity contribution is -0.115. The molecule has 1 aromatic heterocycles. The molecule has 0 radical (unpaired) electrons. The molecule has 4 nitrogen and oxygen atoms in total. The van der Waals surface area contributed by atoms with E-state index in [0.29, 0.717) is 15.2 Å². The van der Waals surface area contributed by atoms with Crippen LogP contribution in [0.1, 0.15) is 5.56 Å². The van der Waals surface area contributed by atoms with Crippen LogP contribution in [0.2, 0.25) is 0 Å². The molecule has 23 heavy (non-hydrogen) atoms. The quantitative estimate of drug-likeness (QED) is 0.714. The van der Waals surface area contributed by atoms with Crippen molar-refractivity contribution in [2.45, 2.75) is 0 Å². The summed E-state index contributed by atoms with van der Waals surface area (Å²) in [6.45, 7) is 0. The highest BCUT2D eigenvalue weighted by Gasteiger charge is 2.24. The Labute approximate surface area is 141 Å². The minimum Gasteiger partial charge on any atom is -0.300 e. The Hall–Kier alpha value is -2.44. The van der Waals surface area contributed by atoms with E-state index in [9.17, 15) is 4.79 Å². The Kier molecular flexibility index (Phi) is 3.69. The molecule has 2 heterocycles. The fourth-order valence-corrected chi connectivity index (χ4v) is 3.68. The average Bonchev–Trinajstić information content (AvgIpc) is 3.18. The van der Waals surface area contributed by atoms with Crippen molar-refractivity contribution >= 4 is 56.2 Å². The van der Waals surface area contributed by atoms with Crippen molar-refractivity contribution in [2.75, 3.05) is 0 Å². The number of aromatic nitrogens is 1. The van der Waals surface area contributed by atoms with E-state index in [1.165, 1.54) is 28.5 Å². The molecule has 0 unspecified atom stereocenters. The SMILES string of the molecule is O=C1NC(=Nc2nccs2)S/C1=C\c1ccc2ccccc2c1. The highest BCUT2D eigenvalue weighted by molar-refractivity contribution is 8.18. The predicted octanol–water partition coefficient (Wildman–Crippen LogP) is 4.19. The van der Waals surface area contributed by atoms with E-state index in [0.717, 1.165) is 10.9 Å². The summed E-state index contributed by atoms with van der Waals surface area (Å²) < 4.78 is 0. The predicted molar refractivity (Wildman–Crippen MR) is 96.9 cm³/mol. The van der Waals surface area contributed by atoms with Gasteiger partial charge in [0.2, 0.25) is 5.13 Å². The Morgan fingerprint density at radius 2 is 2.00 bits per heavy atom. The maximum atomic E-state index is 12.1. The number of benzene rings is 2. The molecular formula is C17H11N3OS2. The second-order valence-electron chi connectivity index (χ2n) is 4.90. The molecule has 112 valence electrons. The largest absolute Gasteiger partial charge is 0.300 e. The van der Waals surface area contributed by atoms with Crippen LogP contribution in [0.25, 0.3) is 16.8 Å². The number of nitrogens with one attached hydrogen (secondary N) is 1. The van der Waals surface area contributed by atoms with E-state index in [4.69, 9.17) is 0 Å². The Bertz CT molecular complexity index is 945. The summed E-state index contributed by atoms with van der Waals surface area (Å²) in [6, 6.07) is 14.3. The number of amides is 1. The van der Waals surface area contributed by atoms with Crippen molar-refractivity contribution in [2.24, 2.45) is 4.99 Å². The summed E-state index contributed by atoms with van der Waals surface area (Å²) in [5.74, 6) is -0.126. The summed E-state index contributed by atoms with van der Waals surface area (Å²) in [4.78, 5) is 21.1. The topological polar surface area (TPSA) is 54.4 Å². The summed E-state index contributed by atoms with van der Waals surface area (Å²) in [6.07, 6.45) is 3.58. The smallest absolute Gasteiger partial charge is 0.264 e. The molecule has 0 bridgehead atoms. The third-order valence-electron chi connectivity index (χ3n) is 3.34. The van der Waals surface area contributed by atoms with Gasteiger partial charge in [0.05, 0.1) is 4.91 Å². The first-order valence-corrected chi connectivity index (χ1v) is 8.65. The molecule has 0 aliphatic carbocycles. The van der Waals surface area contributed by atoms with Crippen LogP contribution >= 0.6 is 23.1 Å². The lowest BCUT2D eigenvalue weighted by Gasteiger charge is -1.99. The van der Waals surface area contributed by atoms with E-state index >= 15 is 0 Å². The van der Waals surface area contributed by atoms with Gasteiger partial charge in [-0.15, -0.1) is 11.3 Å². The third-order valence-corrected chi connectivity index (χ3v) is 4.91. The summed E-state index contributed by atoms with van der Waals surface area (Å²) in [5.41, 5.74) is 0.997. The minimum atomic E-state index is -0.126. The first kappa shape index (κ1) is 14.2. The molecule has 0 spiro atoms. The Morgan fingerprint density at radius 3 is 2.83 bits per heavy atom. The van der Waals surface area contributed by atoms with Crippen LogP contribution in [0, 0.1) is 0 Å². The number of fused-ring (bicyclic) bond motifs is 1. The van der Waals surface area contributed by atoms with Crippen LogP contribution in [0.5, 0.6) is 0 Å². The maximum absolute atomic E-state index is 12.1. The van der Waals surface area contributed by atoms with Crippen molar-refractivity contribution in [1.82, 2.24) is 10.3 Å². The van der Waals surface area contributed by atoms with Gasteiger partial charge in [-0.05, 0) is 40.2 Å². The van der Waals surface area contributed by atoms with E-state index in [2.05, 4.69) is 39.6 Å². The van der Waals surface area contributed by atoms with Crippen LogP contribution in [0.15, 0.2) is 63.9 Å². The van der Waals surface area contributed by atoms with Gasteiger partial charge in [-0.2, -0.15) is 4.99 Å². The van der Waals surface area contributed by atoms with Crippen molar-refractivity contribution in [3.05, 3.63) is 64.5 Å². The number of hydrogen-bond acceptors (Lipinski definition) is 5. The normalized spacial score (nSPS) is 18.0. The minimum absolute atomic E-state index is 0.126. The van der Waals surface area contributed by atoms with Crippen LogP contribution in [0.3, 0.4) is 0 Å². The Morgan fingerprint density at radius 1 is 1.13 bits per heavy atom. The van der Waals surface area contributed by atoms with Crippen LogP contribution in [-0.4, -0.2) is 16.1 Å². The van der Waals surface area contributed by atoms with Crippen molar-refractivity contribution < 1.29 is 4.79 Å².